The number of benzene rings is 1. The molecule has 1 amide bonds. The van der Waals surface area contributed by atoms with Crippen molar-refractivity contribution in [3.05, 3.63) is 52.6 Å². The van der Waals surface area contributed by atoms with E-state index in [2.05, 4.69) is 31.3 Å². The second-order valence-corrected chi connectivity index (χ2v) is 7.67. The molecule has 1 aromatic carbocycles. The van der Waals surface area contributed by atoms with Gasteiger partial charge in [0.05, 0.1) is 11.2 Å². The molecule has 0 fully saturated rings. The Morgan fingerprint density at radius 1 is 1.35 bits per heavy atom. The quantitative estimate of drug-likeness (QED) is 0.684. The summed E-state index contributed by atoms with van der Waals surface area (Å²) in [7, 11) is 0. The molecule has 0 unspecified atom stereocenters. The summed E-state index contributed by atoms with van der Waals surface area (Å²) in [4.78, 5) is 16.0. The van der Waals surface area contributed by atoms with Gasteiger partial charge in [0.25, 0.3) is 0 Å². The molecule has 0 bridgehead atoms. The molecule has 8 heteroatoms. The Labute approximate surface area is 158 Å². The zero-order valence-corrected chi connectivity index (χ0v) is 16.2. The van der Waals surface area contributed by atoms with Gasteiger partial charge in [0.2, 0.25) is 0 Å². The molecule has 0 spiro atoms. The van der Waals surface area contributed by atoms with Crippen LogP contribution in [0, 0.1) is 5.82 Å². The molecule has 1 N–H and O–H groups in total. The first kappa shape index (κ1) is 18.3. The van der Waals surface area contributed by atoms with Crippen LogP contribution in [0.5, 0.6) is 0 Å². The van der Waals surface area contributed by atoms with E-state index < -0.39 is 17.5 Å². The zero-order chi connectivity index (χ0) is 18.9. The fourth-order valence-electron chi connectivity index (χ4n) is 2.44. The Balaban J connectivity index is 1.80. The molecule has 0 radical (unpaired) electrons. The maximum absolute atomic E-state index is 14.5. The Bertz CT molecular complexity index is 965. The van der Waals surface area contributed by atoms with Gasteiger partial charge in [-0.1, -0.05) is 12.1 Å². The minimum atomic E-state index is -0.601. The third kappa shape index (κ3) is 4.19. The maximum Gasteiger partial charge on any atom is 0.407 e. The number of rotatable bonds is 3. The van der Waals surface area contributed by atoms with Crippen molar-refractivity contribution in [1.29, 1.82) is 0 Å². The highest BCUT2D eigenvalue weighted by Crippen LogP contribution is 2.26. The number of carbonyl (C=O) groups excluding carboxylic acids is 1. The van der Waals surface area contributed by atoms with E-state index in [4.69, 9.17) is 4.74 Å². The molecular formula is C18H18BrFN4O2. The second kappa shape index (κ2) is 7.03. The fraction of sp³-hybridized carbons (Fsp3) is 0.278. The number of hydrogen-bond acceptors (Lipinski definition) is 4. The van der Waals surface area contributed by atoms with Crippen LogP contribution in [-0.2, 0) is 11.3 Å². The number of fused-ring (bicyclic) bond motifs is 1. The average molecular weight is 421 g/mol. The molecule has 0 aliphatic heterocycles. The smallest absolute Gasteiger partial charge is 0.407 e. The summed E-state index contributed by atoms with van der Waals surface area (Å²) in [5.74, 6) is -0.430. The molecule has 2 heterocycles. The van der Waals surface area contributed by atoms with Crippen LogP contribution in [-0.4, -0.2) is 26.3 Å². The summed E-state index contributed by atoms with van der Waals surface area (Å²) in [5.41, 5.74) is 1.77. The van der Waals surface area contributed by atoms with E-state index in [1.54, 1.807) is 43.6 Å². The molecule has 0 aliphatic rings. The van der Waals surface area contributed by atoms with Crippen molar-refractivity contribution in [3.63, 3.8) is 0 Å². The van der Waals surface area contributed by atoms with Gasteiger partial charge in [-0.15, -0.1) is 0 Å². The lowest BCUT2D eigenvalue weighted by Crippen LogP contribution is -2.32. The molecule has 0 atom stereocenters. The van der Waals surface area contributed by atoms with Crippen molar-refractivity contribution in [1.82, 2.24) is 19.9 Å². The third-order valence-electron chi connectivity index (χ3n) is 3.52. The van der Waals surface area contributed by atoms with Crippen molar-refractivity contribution in [2.24, 2.45) is 0 Å². The van der Waals surface area contributed by atoms with Gasteiger partial charge < -0.3 is 10.1 Å². The third-order valence-corrected chi connectivity index (χ3v) is 3.95. The lowest BCUT2D eigenvalue weighted by Gasteiger charge is -2.19. The highest BCUT2D eigenvalue weighted by Gasteiger charge is 2.16. The van der Waals surface area contributed by atoms with E-state index in [-0.39, 0.29) is 6.54 Å². The van der Waals surface area contributed by atoms with Gasteiger partial charge in [-0.2, -0.15) is 5.10 Å². The molecule has 136 valence electrons. The van der Waals surface area contributed by atoms with Gasteiger partial charge >= 0.3 is 6.09 Å². The molecule has 26 heavy (non-hydrogen) atoms. The number of ether oxygens (including phenoxy) is 1. The summed E-state index contributed by atoms with van der Waals surface area (Å²) < 4.78 is 22.2. The van der Waals surface area contributed by atoms with Crippen LogP contribution in [0.4, 0.5) is 9.18 Å². The molecule has 3 aromatic rings. The van der Waals surface area contributed by atoms with Gasteiger partial charge in [-0.25, -0.2) is 18.7 Å². The molecule has 0 aliphatic carbocycles. The minimum Gasteiger partial charge on any atom is -0.444 e. The standard InChI is InChI=1S/C18H18BrFN4O2/c1-18(2,3)26-17(25)21-8-12-5-4-11(6-14(12)20)16-15-7-13(19)9-24(15)23-10-22-16/h4-7,9-10H,8H2,1-3H3,(H,21,25). The molecule has 3 rings (SSSR count). The van der Waals surface area contributed by atoms with Crippen molar-refractivity contribution >= 4 is 27.5 Å². The first-order valence-electron chi connectivity index (χ1n) is 7.97. The monoisotopic (exact) mass is 420 g/mol. The van der Waals surface area contributed by atoms with Gasteiger partial charge in [0, 0.05) is 28.3 Å². The predicted octanol–water partition coefficient (Wildman–Crippen LogP) is 4.32. The molecule has 6 nitrogen and oxygen atoms in total. The van der Waals surface area contributed by atoms with Gasteiger partial charge in [0.1, 0.15) is 17.7 Å². The van der Waals surface area contributed by atoms with E-state index >= 15 is 0 Å². The normalized spacial score (nSPS) is 11.6. The van der Waals surface area contributed by atoms with Crippen molar-refractivity contribution in [2.75, 3.05) is 0 Å². The number of nitrogens with zero attached hydrogens (tertiary/aromatic N) is 3. The van der Waals surface area contributed by atoms with E-state index in [0.29, 0.717) is 16.8 Å². The first-order chi connectivity index (χ1) is 12.2. The summed E-state index contributed by atoms with van der Waals surface area (Å²) in [6, 6.07) is 6.65. The number of alkyl carbamates (subject to hydrolysis) is 1. The first-order valence-corrected chi connectivity index (χ1v) is 8.77. The second-order valence-electron chi connectivity index (χ2n) is 6.76. The number of aromatic nitrogens is 3. The summed E-state index contributed by atoms with van der Waals surface area (Å²) >= 11 is 3.40. The van der Waals surface area contributed by atoms with E-state index in [9.17, 15) is 9.18 Å². The highest BCUT2D eigenvalue weighted by atomic mass is 79.9. The number of carbonyl (C=O) groups is 1. The molecular weight excluding hydrogens is 403 g/mol. The number of hydrogen-bond donors (Lipinski definition) is 1. The predicted molar refractivity (Wildman–Crippen MR) is 99.2 cm³/mol. The Morgan fingerprint density at radius 2 is 2.12 bits per heavy atom. The summed E-state index contributed by atoms with van der Waals surface area (Å²) in [5, 5.41) is 6.68. The topological polar surface area (TPSA) is 68.5 Å². The van der Waals surface area contributed by atoms with Crippen molar-refractivity contribution in [3.8, 4) is 11.3 Å². The zero-order valence-electron chi connectivity index (χ0n) is 14.6. The SMILES string of the molecule is CC(C)(C)OC(=O)NCc1ccc(-c2ncnn3cc(Br)cc23)cc1F. The lowest BCUT2D eigenvalue weighted by molar-refractivity contribution is 0.0523. The van der Waals surface area contributed by atoms with Gasteiger partial charge in [0.15, 0.2) is 0 Å². The lowest BCUT2D eigenvalue weighted by atomic mass is 10.1. The fourth-order valence-corrected chi connectivity index (χ4v) is 2.85. The van der Waals surface area contributed by atoms with Crippen LogP contribution >= 0.6 is 15.9 Å². The summed E-state index contributed by atoms with van der Waals surface area (Å²) in [6.45, 7) is 5.34. The van der Waals surface area contributed by atoms with Crippen LogP contribution in [0.1, 0.15) is 26.3 Å². The molecule has 0 saturated heterocycles. The van der Waals surface area contributed by atoms with E-state index in [1.807, 2.05) is 6.07 Å². The van der Waals surface area contributed by atoms with Crippen molar-refractivity contribution in [2.45, 2.75) is 32.9 Å². The van der Waals surface area contributed by atoms with Gasteiger partial charge in [-0.3, -0.25) is 0 Å². The highest BCUT2D eigenvalue weighted by molar-refractivity contribution is 9.10. The van der Waals surface area contributed by atoms with E-state index in [1.165, 1.54) is 12.4 Å². The average Bonchev–Trinajstić information content (AvgIpc) is 2.92. The van der Waals surface area contributed by atoms with Crippen LogP contribution < -0.4 is 5.32 Å². The Kier molecular flexibility index (Phi) is 4.95. The Morgan fingerprint density at radius 3 is 2.81 bits per heavy atom. The maximum atomic E-state index is 14.5. The van der Waals surface area contributed by atoms with Crippen molar-refractivity contribution < 1.29 is 13.9 Å². The summed E-state index contributed by atoms with van der Waals surface area (Å²) in [6.07, 6.45) is 2.64. The van der Waals surface area contributed by atoms with Crippen LogP contribution in [0.2, 0.25) is 0 Å². The van der Waals surface area contributed by atoms with Gasteiger partial charge in [-0.05, 0) is 48.8 Å². The van der Waals surface area contributed by atoms with Crippen LogP contribution in [0.15, 0.2) is 41.3 Å². The number of halogens is 2. The number of nitrogens with one attached hydrogen (secondary N) is 1. The number of amides is 1. The van der Waals surface area contributed by atoms with E-state index in [0.717, 1.165) is 9.99 Å². The van der Waals surface area contributed by atoms with Crippen LogP contribution in [0.3, 0.4) is 0 Å². The largest absolute Gasteiger partial charge is 0.444 e. The molecule has 0 saturated carbocycles. The van der Waals surface area contributed by atoms with Crippen LogP contribution in [0.25, 0.3) is 16.8 Å². The Hall–Kier alpha value is -2.48. The molecule has 2 aromatic heterocycles. The minimum absolute atomic E-state index is 0.0386.